The zero-order valence-corrected chi connectivity index (χ0v) is 7.46. The van der Waals surface area contributed by atoms with E-state index in [9.17, 15) is 4.39 Å². The summed E-state index contributed by atoms with van der Waals surface area (Å²) >= 11 is 0. The Hall–Kier alpha value is -0.960. The predicted molar refractivity (Wildman–Crippen MR) is 48.8 cm³/mol. The van der Waals surface area contributed by atoms with E-state index >= 15 is 0 Å². The molecule has 0 spiro atoms. The zero-order valence-electron chi connectivity index (χ0n) is 7.46. The van der Waals surface area contributed by atoms with E-state index in [0.717, 1.165) is 18.5 Å². The van der Waals surface area contributed by atoms with Crippen LogP contribution in [0.5, 0.6) is 0 Å². The first kappa shape index (κ1) is 8.63. The maximum atomic E-state index is 12.8. The van der Waals surface area contributed by atoms with Crippen LogP contribution in [-0.4, -0.2) is 11.5 Å². The van der Waals surface area contributed by atoms with E-state index in [4.69, 9.17) is 5.73 Å². The van der Waals surface area contributed by atoms with Crippen LogP contribution in [0.3, 0.4) is 0 Å². The number of hydrogen-bond acceptors (Lipinski definition) is 2. The van der Waals surface area contributed by atoms with Gasteiger partial charge in [0.05, 0.1) is 5.69 Å². The molecule has 13 heavy (non-hydrogen) atoms. The van der Waals surface area contributed by atoms with Crippen LogP contribution in [-0.2, 0) is 5.41 Å². The summed E-state index contributed by atoms with van der Waals surface area (Å²) in [6.45, 7) is 0.573. The van der Waals surface area contributed by atoms with E-state index in [1.807, 2.05) is 6.07 Å². The Morgan fingerprint density at radius 3 is 2.69 bits per heavy atom. The molecule has 0 atom stereocenters. The normalized spacial score (nSPS) is 19.5. The fraction of sp³-hybridized carbons (Fsp3) is 0.500. The summed E-state index contributed by atoms with van der Waals surface area (Å²) in [6.07, 6.45) is 3.26. The molecule has 0 aliphatic heterocycles. The minimum atomic E-state index is -0.405. The number of hydrogen-bond donors (Lipinski definition) is 1. The molecule has 1 heterocycles. The molecule has 1 aromatic rings. The average Bonchev–Trinajstić information content (AvgIpc) is 2.03. The highest BCUT2D eigenvalue weighted by atomic mass is 19.1. The van der Waals surface area contributed by atoms with E-state index in [2.05, 4.69) is 4.98 Å². The Kier molecular flexibility index (Phi) is 2.04. The lowest BCUT2D eigenvalue weighted by molar-refractivity contribution is 0.243. The lowest BCUT2D eigenvalue weighted by Gasteiger charge is -2.40. The molecule has 2 N–H and O–H groups in total. The molecule has 1 aliphatic rings. The molecule has 1 saturated carbocycles. The summed E-state index contributed by atoms with van der Waals surface area (Å²) in [5.41, 5.74) is 6.48. The second kappa shape index (κ2) is 3.07. The van der Waals surface area contributed by atoms with Crippen molar-refractivity contribution in [2.45, 2.75) is 24.7 Å². The first-order valence-electron chi connectivity index (χ1n) is 4.60. The van der Waals surface area contributed by atoms with Crippen molar-refractivity contribution < 1.29 is 4.39 Å². The third-order valence-electron chi connectivity index (χ3n) is 2.96. The van der Waals surface area contributed by atoms with E-state index in [1.54, 1.807) is 6.07 Å². The third kappa shape index (κ3) is 1.33. The van der Waals surface area contributed by atoms with Gasteiger partial charge >= 0.3 is 0 Å². The minimum Gasteiger partial charge on any atom is -0.330 e. The minimum absolute atomic E-state index is 0.0257. The number of nitrogens with two attached hydrogens (primary N) is 1. The molecular formula is C10H13FN2. The highest BCUT2D eigenvalue weighted by Gasteiger charge is 2.38. The molecule has 1 fully saturated rings. The fourth-order valence-corrected chi connectivity index (χ4v) is 1.87. The quantitative estimate of drug-likeness (QED) is 0.702. The van der Waals surface area contributed by atoms with Gasteiger partial charge < -0.3 is 5.73 Å². The van der Waals surface area contributed by atoms with Gasteiger partial charge in [-0.2, -0.15) is 4.39 Å². The van der Waals surface area contributed by atoms with Gasteiger partial charge in [-0.25, -0.2) is 4.98 Å². The summed E-state index contributed by atoms with van der Waals surface area (Å²) in [6, 6.07) is 4.94. The molecule has 0 bridgehead atoms. The Bertz CT molecular complexity index is 302. The van der Waals surface area contributed by atoms with Crippen molar-refractivity contribution in [3.63, 3.8) is 0 Å². The van der Waals surface area contributed by atoms with Gasteiger partial charge in [-0.1, -0.05) is 12.5 Å². The second-order valence-corrected chi connectivity index (χ2v) is 3.68. The topological polar surface area (TPSA) is 38.9 Å². The van der Waals surface area contributed by atoms with Crippen LogP contribution in [0.1, 0.15) is 25.0 Å². The maximum Gasteiger partial charge on any atom is 0.213 e. The van der Waals surface area contributed by atoms with Gasteiger partial charge in [-0.3, -0.25) is 0 Å². The average molecular weight is 180 g/mol. The molecule has 0 saturated heterocycles. The smallest absolute Gasteiger partial charge is 0.213 e. The highest BCUT2D eigenvalue weighted by Crippen LogP contribution is 2.41. The van der Waals surface area contributed by atoms with Gasteiger partial charge in [0.2, 0.25) is 5.95 Å². The number of pyridine rings is 1. The van der Waals surface area contributed by atoms with Crippen LogP contribution in [0.25, 0.3) is 0 Å². The molecule has 0 radical (unpaired) electrons. The van der Waals surface area contributed by atoms with Crippen molar-refractivity contribution in [1.82, 2.24) is 4.98 Å². The van der Waals surface area contributed by atoms with Gasteiger partial charge in [0.15, 0.2) is 0 Å². The van der Waals surface area contributed by atoms with Gasteiger partial charge in [-0.15, -0.1) is 0 Å². The number of nitrogens with zero attached hydrogens (tertiary/aromatic N) is 1. The molecule has 0 amide bonds. The SMILES string of the molecule is NCC1(c2cccc(F)n2)CCC1. The first-order valence-corrected chi connectivity index (χ1v) is 4.60. The maximum absolute atomic E-state index is 12.8. The van der Waals surface area contributed by atoms with Crippen molar-refractivity contribution >= 4 is 0 Å². The van der Waals surface area contributed by atoms with Crippen molar-refractivity contribution in [1.29, 1.82) is 0 Å². The van der Waals surface area contributed by atoms with Crippen LogP contribution in [0.4, 0.5) is 4.39 Å². The Labute approximate surface area is 77.0 Å². The predicted octanol–water partition coefficient (Wildman–Crippen LogP) is 1.60. The molecule has 1 aromatic heterocycles. The van der Waals surface area contributed by atoms with E-state index in [1.165, 1.54) is 12.5 Å². The van der Waals surface area contributed by atoms with Crippen LogP contribution < -0.4 is 5.73 Å². The summed E-state index contributed by atoms with van der Waals surface area (Å²) in [5.74, 6) is -0.405. The van der Waals surface area contributed by atoms with Crippen LogP contribution in [0, 0.1) is 5.95 Å². The van der Waals surface area contributed by atoms with Crippen molar-refractivity contribution in [3.05, 3.63) is 29.8 Å². The first-order chi connectivity index (χ1) is 6.27. The van der Waals surface area contributed by atoms with Gasteiger partial charge in [-0.05, 0) is 25.0 Å². The highest BCUT2D eigenvalue weighted by molar-refractivity contribution is 5.21. The molecule has 0 unspecified atom stereocenters. The number of aromatic nitrogens is 1. The molecule has 3 heteroatoms. The van der Waals surface area contributed by atoms with Gasteiger partial charge in [0.1, 0.15) is 0 Å². The van der Waals surface area contributed by atoms with Gasteiger partial charge in [0, 0.05) is 12.0 Å². The number of rotatable bonds is 2. The molecule has 1 aliphatic carbocycles. The summed E-state index contributed by atoms with van der Waals surface area (Å²) < 4.78 is 12.8. The summed E-state index contributed by atoms with van der Waals surface area (Å²) in [7, 11) is 0. The van der Waals surface area contributed by atoms with E-state index < -0.39 is 5.95 Å². The number of halogens is 1. The second-order valence-electron chi connectivity index (χ2n) is 3.68. The summed E-state index contributed by atoms with van der Waals surface area (Å²) in [5, 5.41) is 0. The van der Waals surface area contributed by atoms with Gasteiger partial charge in [0.25, 0.3) is 0 Å². The Balaban J connectivity index is 2.33. The van der Waals surface area contributed by atoms with Crippen LogP contribution >= 0.6 is 0 Å². The van der Waals surface area contributed by atoms with Crippen LogP contribution in [0.15, 0.2) is 18.2 Å². The molecule has 0 aromatic carbocycles. The molecular weight excluding hydrogens is 167 g/mol. The largest absolute Gasteiger partial charge is 0.330 e. The lowest BCUT2D eigenvalue weighted by atomic mass is 9.66. The van der Waals surface area contributed by atoms with Crippen molar-refractivity contribution in [3.8, 4) is 0 Å². The monoisotopic (exact) mass is 180 g/mol. The Morgan fingerprint density at radius 2 is 2.23 bits per heavy atom. The molecule has 70 valence electrons. The summed E-state index contributed by atoms with van der Waals surface area (Å²) in [4.78, 5) is 3.89. The van der Waals surface area contributed by atoms with E-state index in [0.29, 0.717) is 6.54 Å². The van der Waals surface area contributed by atoms with Crippen molar-refractivity contribution in [2.75, 3.05) is 6.54 Å². The van der Waals surface area contributed by atoms with Crippen LogP contribution in [0.2, 0.25) is 0 Å². The molecule has 2 rings (SSSR count). The van der Waals surface area contributed by atoms with Crippen molar-refractivity contribution in [2.24, 2.45) is 5.73 Å². The standard InChI is InChI=1S/C10H13FN2/c11-9-4-1-3-8(13-9)10(7-12)5-2-6-10/h1,3-4H,2,5-7,12H2. The third-order valence-corrected chi connectivity index (χ3v) is 2.96. The fourth-order valence-electron chi connectivity index (χ4n) is 1.87. The Morgan fingerprint density at radius 1 is 1.46 bits per heavy atom. The zero-order chi connectivity index (χ0) is 9.31. The molecule has 2 nitrogen and oxygen atoms in total. The lowest BCUT2D eigenvalue weighted by Crippen LogP contribution is -2.42. The van der Waals surface area contributed by atoms with E-state index in [-0.39, 0.29) is 5.41 Å².